The zero-order valence-electron chi connectivity index (χ0n) is 11.3. The number of rotatable bonds is 4. The summed E-state index contributed by atoms with van der Waals surface area (Å²) in [6.45, 7) is 2.97. The topological polar surface area (TPSA) is 25.2 Å². The number of fused-ring (bicyclic) bond motifs is 1. The SMILES string of the molecule is CC(NCc1coc2ccccc12)c1cccc(Br)c1. The van der Waals surface area contributed by atoms with Gasteiger partial charge in [-0.2, -0.15) is 0 Å². The van der Waals surface area contributed by atoms with Crippen molar-refractivity contribution in [3.8, 4) is 0 Å². The molecule has 3 rings (SSSR count). The van der Waals surface area contributed by atoms with Crippen molar-refractivity contribution in [1.29, 1.82) is 0 Å². The Morgan fingerprint density at radius 1 is 1.15 bits per heavy atom. The van der Waals surface area contributed by atoms with Crippen LogP contribution in [0, 0.1) is 0 Å². The van der Waals surface area contributed by atoms with Crippen molar-refractivity contribution in [2.75, 3.05) is 0 Å². The molecule has 20 heavy (non-hydrogen) atoms. The molecule has 0 aliphatic carbocycles. The molecule has 1 atom stereocenters. The van der Waals surface area contributed by atoms with Crippen molar-refractivity contribution in [2.45, 2.75) is 19.5 Å². The Morgan fingerprint density at radius 3 is 2.85 bits per heavy atom. The molecule has 1 heterocycles. The molecule has 0 amide bonds. The highest BCUT2D eigenvalue weighted by Gasteiger charge is 2.08. The Balaban J connectivity index is 1.73. The second-order valence-electron chi connectivity index (χ2n) is 4.91. The lowest BCUT2D eigenvalue weighted by atomic mass is 10.1. The maximum absolute atomic E-state index is 5.56. The minimum atomic E-state index is 0.293. The Hall–Kier alpha value is -1.58. The fraction of sp³-hybridized carbons (Fsp3) is 0.176. The van der Waals surface area contributed by atoms with Crippen molar-refractivity contribution in [3.63, 3.8) is 0 Å². The molecule has 0 aliphatic heterocycles. The molecule has 1 aromatic heterocycles. The summed E-state index contributed by atoms with van der Waals surface area (Å²) >= 11 is 3.51. The van der Waals surface area contributed by atoms with Crippen LogP contribution < -0.4 is 5.32 Å². The van der Waals surface area contributed by atoms with Crippen LogP contribution >= 0.6 is 15.9 Å². The lowest BCUT2D eigenvalue weighted by Gasteiger charge is -2.14. The van der Waals surface area contributed by atoms with Crippen molar-refractivity contribution < 1.29 is 4.42 Å². The molecule has 2 nitrogen and oxygen atoms in total. The van der Waals surface area contributed by atoms with E-state index in [1.165, 1.54) is 16.5 Å². The first-order chi connectivity index (χ1) is 9.74. The monoisotopic (exact) mass is 329 g/mol. The van der Waals surface area contributed by atoms with E-state index >= 15 is 0 Å². The van der Waals surface area contributed by atoms with Gasteiger partial charge in [-0.15, -0.1) is 0 Å². The molecule has 3 aromatic rings. The highest BCUT2D eigenvalue weighted by molar-refractivity contribution is 9.10. The third-order valence-electron chi connectivity index (χ3n) is 3.51. The lowest BCUT2D eigenvalue weighted by Crippen LogP contribution is -2.17. The third kappa shape index (κ3) is 2.79. The summed E-state index contributed by atoms with van der Waals surface area (Å²) in [5.41, 5.74) is 3.41. The number of benzene rings is 2. The minimum absolute atomic E-state index is 0.293. The molecule has 0 radical (unpaired) electrons. The van der Waals surface area contributed by atoms with E-state index in [9.17, 15) is 0 Å². The van der Waals surface area contributed by atoms with Gasteiger partial charge in [-0.3, -0.25) is 0 Å². The molecular formula is C17H16BrNO. The van der Waals surface area contributed by atoms with Gasteiger partial charge in [0.05, 0.1) is 6.26 Å². The van der Waals surface area contributed by atoms with Crippen molar-refractivity contribution in [2.24, 2.45) is 0 Å². The van der Waals surface area contributed by atoms with Crippen LogP contribution in [0.15, 0.2) is 63.7 Å². The maximum Gasteiger partial charge on any atom is 0.134 e. The zero-order chi connectivity index (χ0) is 13.9. The first-order valence-corrected chi connectivity index (χ1v) is 7.47. The predicted molar refractivity (Wildman–Crippen MR) is 85.6 cm³/mol. The second kappa shape index (κ2) is 5.81. The van der Waals surface area contributed by atoms with Gasteiger partial charge in [0, 0.05) is 28.0 Å². The number of furan rings is 1. The van der Waals surface area contributed by atoms with Crippen LogP contribution in [-0.2, 0) is 6.54 Å². The molecule has 0 fully saturated rings. The zero-order valence-corrected chi connectivity index (χ0v) is 12.9. The van der Waals surface area contributed by atoms with Gasteiger partial charge in [0.1, 0.15) is 5.58 Å². The van der Waals surface area contributed by atoms with E-state index < -0.39 is 0 Å². The summed E-state index contributed by atoms with van der Waals surface area (Å²) in [6, 6.07) is 16.8. The standard InChI is InChI=1S/C17H16BrNO/c1-12(13-5-4-6-15(18)9-13)19-10-14-11-20-17-8-3-2-7-16(14)17/h2-9,11-12,19H,10H2,1H3. The molecule has 2 aromatic carbocycles. The number of hydrogen-bond acceptors (Lipinski definition) is 2. The summed E-state index contributed by atoms with van der Waals surface area (Å²) in [5.74, 6) is 0. The number of nitrogens with one attached hydrogen (secondary N) is 1. The molecule has 1 unspecified atom stereocenters. The van der Waals surface area contributed by atoms with E-state index in [1.807, 2.05) is 30.5 Å². The van der Waals surface area contributed by atoms with E-state index in [1.54, 1.807) is 0 Å². The number of para-hydroxylation sites is 1. The van der Waals surface area contributed by atoms with Crippen LogP contribution in [-0.4, -0.2) is 0 Å². The maximum atomic E-state index is 5.56. The fourth-order valence-corrected chi connectivity index (χ4v) is 2.74. The van der Waals surface area contributed by atoms with Crippen LogP contribution in [0.4, 0.5) is 0 Å². The molecule has 3 heteroatoms. The highest BCUT2D eigenvalue weighted by atomic mass is 79.9. The Labute approximate surface area is 126 Å². The van der Waals surface area contributed by atoms with Gasteiger partial charge in [-0.1, -0.05) is 46.3 Å². The Morgan fingerprint density at radius 2 is 2.00 bits per heavy atom. The minimum Gasteiger partial charge on any atom is -0.464 e. The first kappa shape index (κ1) is 13.4. The number of halogens is 1. The van der Waals surface area contributed by atoms with E-state index in [0.717, 1.165) is 16.6 Å². The molecule has 0 saturated heterocycles. The largest absolute Gasteiger partial charge is 0.464 e. The molecule has 102 valence electrons. The van der Waals surface area contributed by atoms with Crippen molar-refractivity contribution in [3.05, 3.63) is 70.4 Å². The van der Waals surface area contributed by atoms with Gasteiger partial charge in [0.2, 0.25) is 0 Å². The Bertz CT molecular complexity index is 720. The van der Waals surface area contributed by atoms with E-state index in [0.29, 0.717) is 6.04 Å². The normalized spacial score (nSPS) is 12.7. The fourth-order valence-electron chi connectivity index (χ4n) is 2.33. The molecule has 0 spiro atoms. The molecular weight excluding hydrogens is 314 g/mol. The quantitative estimate of drug-likeness (QED) is 0.724. The van der Waals surface area contributed by atoms with Crippen molar-refractivity contribution in [1.82, 2.24) is 5.32 Å². The third-order valence-corrected chi connectivity index (χ3v) is 4.00. The van der Waals surface area contributed by atoms with Crippen molar-refractivity contribution >= 4 is 26.9 Å². The van der Waals surface area contributed by atoms with Crippen LogP contribution in [0.25, 0.3) is 11.0 Å². The summed E-state index contributed by atoms with van der Waals surface area (Å²) < 4.78 is 6.67. The van der Waals surface area contributed by atoms with Gasteiger partial charge < -0.3 is 9.73 Å². The summed E-state index contributed by atoms with van der Waals surface area (Å²) in [4.78, 5) is 0. The molecule has 0 bridgehead atoms. The van der Waals surface area contributed by atoms with Crippen LogP contribution in [0.1, 0.15) is 24.1 Å². The average molecular weight is 330 g/mol. The van der Waals surface area contributed by atoms with Gasteiger partial charge in [0.15, 0.2) is 0 Å². The summed E-state index contributed by atoms with van der Waals surface area (Å²) in [7, 11) is 0. The summed E-state index contributed by atoms with van der Waals surface area (Å²) in [5, 5.41) is 4.72. The molecule has 1 N–H and O–H groups in total. The average Bonchev–Trinajstić information content (AvgIpc) is 2.88. The highest BCUT2D eigenvalue weighted by Crippen LogP contribution is 2.22. The van der Waals surface area contributed by atoms with Crippen LogP contribution in [0.2, 0.25) is 0 Å². The molecule has 0 saturated carbocycles. The van der Waals surface area contributed by atoms with Gasteiger partial charge >= 0.3 is 0 Å². The van der Waals surface area contributed by atoms with Gasteiger partial charge in [-0.05, 0) is 30.7 Å². The predicted octanol–water partition coefficient (Wildman–Crippen LogP) is 5.05. The Kier molecular flexibility index (Phi) is 3.90. The molecule has 0 aliphatic rings. The first-order valence-electron chi connectivity index (χ1n) is 6.68. The van der Waals surface area contributed by atoms with Crippen LogP contribution in [0.3, 0.4) is 0 Å². The number of hydrogen-bond donors (Lipinski definition) is 1. The van der Waals surface area contributed by atoms with Crippen LogP contribution in [0.5, 0.6) is 0 Å². The smallest absolute Gasteiger partial charge is 0.134 e. The lowest BCUT2D eigenvalue weighted by molar-refractivity contribution is 0.562. The second-order valence-corrected chi connectivity index (χ2v) is 5.83. The van der Waals surface area contributed by atoms with E-state index in [4.69, 9.17) is 4.42 Å². The van der Waals surface area contributed by atoms with E-state index in [-0.39, 0.29) is 0 Å². The van der Waals surface area contributed by atoms with E-state index in [2.05, 4.69) is 52.4 Å². The van der Waals surface area contributed by atoms with Gasteiger partial charge in [-0.25, -0.2) is 0 Å². The van der Waals surface area contributed by atoms with Gasteiger partial charge in [0.25, 0.3) is 0 Å². The summed E-state index contributed by atoms with van der Waals surface area (Å²) in [6.07, 6.45) is 1.84.